The summed E-state index contributed by atoms with van der Waals surface area (Å²) in [6.45, 7) is 0.733. The van der Waals surface area contributed by atoms with Crippen LogP contribution in [0.3, 0.4) is 0 Å². The summed E-state index contributed by atoms with van der Waals surface area (Å²) in [5, 5.41) is 0.752. The number of nitrogens with zero attached hydrogens (tertiary/aromatic N) is 3. The van der Waals surface area contributed by atoms with Gasteiger partial charge in [0, 0.05) is 26.4 Å². The third kappa shape index (κ3) is 1.58. The number of ether oxygens (including phenoxy) is 1. The number of methoxy groups -OCH3 is 1. The van der Waals surface area contributed by atoms with Crippen LogP contribution in [0.2, 0.25) is 0 Å². The molecule has 0 unspecified atom stereocenters. The minimum Gasteiger partial charge on any atom is -0.479 e. The molecule has 2 heterocycles. The summed E-state index contributed by atoms with van der Waals surface area (Å²) < 4.78 is 6.83. The van der Waals surface area contributed by atoms with Gasteiger partial charge >= 0.3 is 0 Å². The summed E-state index contributed by atoms with van der Waals surface area (Å²) >= 11 is 1.59. The minimum atomic E-state index is -0.0214. The number of thioether (sulfide) groups is 1. The Balaban J connectivity index is 2.68. The van der Waals surface area contributed by atoms with Gasteiger partial charge in [0.15, 0.2) is 10.8 Å². The van der Waals surface area contributed by atoms with Crippen LogP contribution in [0, 0.1) is 0 Å². The fourth-order valence-electron chi connectivity index (χ4n) is 1.57. The number of hydrogen-bond donors (Lipinski definition) is 0. The van der Waals surface area contributed by atoms with Gasteiger partial charge < -0.3 is 9.64 Å². The van der Waals surface area contributed by atoms with Gasteiger partial charge in [-0.15, -0.1) is 0 Å². The van der Waals surface area contributed by atoms with Crippen molar-refractivity contribution >= 4 is 17.4 Å². The molecule has 1 aliphatic rings. The molecule has 0 amide bonds. The zero-order chi connectivity index (χ0) is 11.0. The Morgan fingerprint density at radius 2 is 2.27 bits per heavy atom. The van der Waals surface area contributed by atoms with E-state index in [0.717, 1.165) is 17.5 Å². The van der Waals surface area contributed by atoms with Crippen molar-refractivity contribution in [3.05, 3.63) is 10.4 Å². The summed E-state index contributed by atoms with van der Waals surface area (Å²) in [4.78, 5) is 18.1. The molecule has 0 atom stereocenters. The standard InChI is InChI=1S/C9H13N3O2S/c1-11(2)6-7(14-3)10-9-12(8(6)13)4-5-15-9/h4-5H2,1-3H3. The molecular weight excluding hydrogens is 214 g/mol. The highest BCUT2D eigenvalue weighted by molar-refractivity contribution is 7.99. The first-order valence-electron chi connectivity index (χ1n) is 4.64. The lowest BCUT2D eigenvalue weighted by molar-refractivity contribution is 0.388. The van der Waals surface area contributed by atoms with Crippen LogP contribution in [0.15, 0.2) is 9.95 Å². The van der Waals surface area contributed by atoms with Gasteiger partial charge in [-0.25, -0.2) is 0 Å². The van der Waals surface area contributed by atoms with Gasteiger partial charge in [-0.1, -0.05) is 11.8 Å². The maximum absolute atomic E-state index is 12.1. The zero-order valence-electron chi connectivity index (χ0n) is 8.98. The van der Waals surface area contributed by atoms with E-state index in [2.05, 4.69) is 4.98 Å². The van der Waals surface area contributed by atoms with Crippen molar-refractivity contribution in [2.24, 2.45) is 0 Å². The molecule has 0 aromatic carbocycles. The van der Waals surface area contributed by atoms with E-state index in [1.807, 2.05) is 14.1 Å². The van der Waals surface area contributed by atoms with E-state index in [4.69, 9.17) is 4.74 Å². The van der Waals surface area contributed by atoms with E-state index >= 15 is 0 Å². The first-order valence-corrected chi connectivity index (χ1v) is 5.62. The van der Waals surface area contributed by atoms with E-state index in [-0.39, 0.29) is 5.56 Å². The Morgan fingerprint density at radius 1 is 1.53 bits per heavy atom. The number of anilines is 1. The third-order valence-corrected chi connectivity index (χ3v) is 3.22. The van der Waals surface area contributed by atoms with E-state index in [0.29, 0.717) is 11.6 Å². The number of rotatable bonds is 2. The molecule has 0 saturated heterocycles. The average molecular weight is 227 g/mol. The molecule has 0 fully saturated rings. The summed E-state index contributed by atoms with van der Waals surface area (Å²) in [5.41, 5.74) is 0.496. The Kier molecular flexibility index (Phi) is 2.60. The normalized spacial score (nSPS) is 13.8. The molecule has 5 nitrogen and oxygen atoms in total. The van der Waals surface area contributed by atoms with Crippen molar-refractivity contribution in [1.29, 1.82) is 0 Å². The summed E-state index contributed by atoms with van der Waals surface area (Å²) in [6.07, 6.45) is 0. The van der Waals surface area contributed by atoms with Crippen LogP contribution in [-0.2, 0) is 6.54 Å². The molecule has 1 aromatic heterocycles. The van der Waals surface area contributed by atoms with Crippen molar-refractivity contribution in [2.75, 3.05) is 31.9 Å². The topological polar surface area (TPSA) is 47.4 Å². The lowest BCUT2D eigenvalue weighted by Gasteiger charge is -2.16. The molecule has 1 aliphatic heterocycles. The second-order valence-electron chi connectivity index (χ2n) is 3.45. The third-order valence-electron chi connectivity index (χ3n) is 2.27. The van der Waals surface area contributed by atoms with E-state index in [9.17, 15) is 4.79 Å². The molecule has 0 aliphatic carbocycles. The first kappa shape index (κ1) is 10.4. The van der Waals surface area contributed by atoms with Gasteiger partial charge in [0.05, 0.1) is 7.11 Å². The largest absolute Gasteiger partial charge is 0.479 e. The fourth-order valence-corrected chi connectivity index (χ4v) is 2.50. The van der Waals surface area contributed by atoms with Gasteiger partial charge in [0.1, 0.15) is 0 Å². The van der Waals surface area contributed by atoms with Gasteiger partial charge in [0.2, 0.25) is 5.88 Å². The number of aromatic nitrogens is 2. The van der Waals surface area contributed by atoms with Crippen LogP contribution in [0.4, 0.5) is 5.69 Å². The predicted octanol–water partition coefficient (Wildman–Crippen LogP) is 0.424. The Labute approximate surface area is 92.1 Å². The molecule has 0 bridgehead atoms. The van der Waals surface area contributed by atoms with Crippen molar-refractivity contribution in [1.82, 2.24) is 9.55 Å². The Morgan fingerprint density at radius 3 is 2.87 bits per heavy atom. The molecule has 15 heavy (non-hydrogen) atoms. The molecule has 6 heteroatoms. The summed E-state index contributed by atoms with van der Waals surface area (Å²) in [7, 11) is 5.16. The van der Waals surface area contributed by atoms with Crippen molar-refractivity contribution in [3.63, 3.8) is 0 Å². The molecule has 0 saturated carbocycles. The second kappa shape index (κ2) is 3.77. The van der Waals surface area contributed by atoms with Crippen LogP contribution >= 0.6 is 11.8 Å². The lowest BCUT2D eigenvalue weighted by atomic mass is 10.4. The van der Waals surface area contributed by atoms with E-state index < -0.39 is 0 Å². The lowest BCUT2D eigenvalue weighted by Crippen LogP contribution is -2.28. The van der Waals surface area contributed by atoms with Crippen LogP contribution in [-0.4, -0.2) is 36.5 Å². The maximum Gasteiger partial charge on any atom is 0.281 e. The molecular formula is C9H13N3O2S. The van der Waals surface area contributed by atoms with Crippen molar-refractivity contribution < 1.29 is 4.74 Å². The zero-order valence-corrected chi connectivity index (χ0v) is 9.80. The molecule has 0 spiro atoms. The second-order valence-corrected chi connectivity index (χ2v) is 4.51. The Hall–Kier alpha value is -1.17. The van der Waals surface area contributed by atoms with Gasteiger partial charge in [0.25, 0.3) is 5.56 Å². The SMILES string of the molecule is COc1nc2n(c(=O)c1N(C)C)CCS2. The first-order chi connectivity index (χ1) is 7.15. The van der Waals surface area contributed by atoms with Crippen molar-refractivity contribution in [3.8, 4) is 5.88 Å². The van der Waals surface area contributed by atoms with Gasteiger partial charge in [-0.05, 0) is 0 Å². The molecule has 82 valence electrons. The highest BCUT2D eigenvalue weighted by Gasteiger charge is 2.22. The van der Waals surface area contributed by atoms with Gasteiger partial charge in [-0.3, -0.25) is 9.36 Å². The fraction of sp³-hybridized carbons (Fsp3) is 0.556. The quantitative estimate of drug-likeness (QED) is 0.685. The smallest absolute Gasteiger partial charge is 0.281 e. The van der Waals surface area contributed by atoms with E-state index in [1.165, 1.54) is 7.11 Å². The number of hydrogen-bond acceptors (Lipinski definition) is 5. The van der Waals surface area contributed by atoms with Gasteiger partial charge in [-0.2, -0.15) is 4.98 Å². The van der Waals surface area contributed by atoms with Crippen LogP contribution in [0.25, 0.3) is 0 Å². The van der Waals surface area contributed by atoms with Crippen LogP contribution in [0.5, 0.6) is 5.88 Å². The maximum atomic E-state index is 12.1. The summed E-state index contributed by atoms with van der Waals surface area (Å²) in [6, 6.07) is 0. The highest BCUT2D eigenvalue weighted by atomic mass is 32.2. The highest BCUT2D eigenvalue weighted by Crippen LogP contribution is 2.28. The minimum absolute atomic E-state index is 0.0214. The van der Waals surface area contributed by atoms with Crippen molar-refractivity contribution in [2.45, 2.75) is 11.7 Å². The predicted molar refractivity (Wildman–Crippen MR) is 60.1 cm³/mol. The van der Waals surface area contributed by atoms with Crippen LogP contribution in [0.1, 0.15) is 0 Å². The summed E-state index contributed by atoms with van der Waals surface area (Å²) in [5.74, 6) is 1.31. The average Bonchev–Trinajstić information content (AvgIpc) is 2.64. The molecule has 0 radical (unpaired) electrons. The van der Waals surface area contributed by atoms with E-state index in [1.54, 1.807) is 21.2 Å². The van der Waals surface area contributed by atoms with Crippen LogP contribution < -0.4 is 15.2 Å². The molecule has 0 N–H and O–H groups in total. The monoisotopic (exact) mass is 227 g/mol. The Bertz CT molecular complexity index is 442. The molecule has 1 aromatic rings. The number of fused-ring (bicyclic) bond motifs is 1. The molecule has 2 rings (SSSR count).